The lowest BCUT2D eigenvalue weighted by Crippen LogP contribution is -2.61. The zero-order chi connectivity index (χ0) is 10.7. The minimum absolute atomic E-state index is 0.0416. The maximum Gasteiger partial charge on any atom is 0.244 e. The number of piperazine rings is 1. The summed E-state index contributed by atoms with van der Waals surface area (Å²) in [5.41, 5.74) is 0. The van der Waals surface area contributed by atoms with E-state index in [0.29, 0.717) is 0 Å². The number of carbonyl (C=O) groups excluding carboxylic acids is 3. The minimum atomic E-state index is -0.623. The Labute approximate surface area is 81.4 Å². The van der Waals surface area contributed by atoms with E-state index in [1.807, 2.05) is 0 Å². The highest BCUT2D eigenvalue weighted by Crippen LogP contribution is 2.00. The largest absolute Gasteiger partial charge is 0.359 e. The van der Waals surface area contributed by atoms with E-state index in [1.54, 1.807) is 6.92 Å². The molecule has 1 rings (SSSR count). The number of hydrogen-bond donors (Lipinski definition) is 3. The molecule has 6 heteroatoms. The van der Waals surface area contributed by atoms with Crippen molar-refractivity contribution in [2.75, 3.05) is 7.05 Å². The maximum atomic E-state index is 11.2. The molecule has 78 valence electrons. The third-order valence-corrected chi connectivity index (χ3v) is 2.08. The average molecular weight is 199 g/mol. The van der Waals surface area contributed by atoms with E-state index in [1.165, 1.54) is 7.05 Å². The number of hydrogen-bond acceptors (Lipinski definition) is 4. The molecular weight excluding hydrogens is 186 g/mol. The van der Waals surface area contributed by atoms with Crippen LogP contribution in [0.5, 0.6) is 0 Å². The van der Waals surface area contributed by atoms with Crippen LogP contribution in [-0.4, -0.2) is 36.9 Å². The zero-order valence-electron chi connectivity index (χ0n) is 8.09. The molecule has 3 amide bonds. The van der Waals surface area contributed by atoms with Crippen molar-refractivity contribution in [1.29, 1.82) is 0 Å². The average Bonchev–Trinajstić information content (AvgIpc) is 2.14. The molecule has 0 aromatic heterocycles. The second-order valence-corrected chi connectivity index (χ2v) is 3.17. The van der Waals surface area contributed by atoms with E-state index < -0.39 is 18.0 Å². The van der Waals surface area contributed by atoms with Crippen LogP contribution in [0.2, 0.25) is 0 Å². The van der Waals surface area contributed by atoms with E-state index in [2.05, 4.69) is 16.0 Å². The van der Waals surface area contributed by atoms with Crippen molar-refractivity contribution in [1.82, 2.24) is 16.0 Å². The Bertz CT molecular complexity index is 277. The molecule has 2 unspecified atom stereocenters. The van der Waals surface area contributed by atoms with Gasteiger partial charge in [-0.2, -0.15) is 0 Å². The Morgan fingerprint density at radius 3 is 2.64 bits per heavy atom. The van der Waals surface area contributed by atoms with Gasteiger partial charge in [-0.3, -0.25) is 25.0 Å². The van der Waals surface area contributed by atoms with Crippen LogP contribution in [0, 0.1) is 0 Å². The fraction of sp³-hybridized carbons (Fsp3) is 0.625. The Hall–Kier alpha value is -1.43. The molecule has 1 fully saturated rings. The van der Waals surface area contributed by atoms with Gasteiger partial charge in [0.2, 0.25) is 17.7 Å². The highest BCUT2D eigenvalue weighted by atomic mass is 16.2. The molecule has 2 atom stereocenters. The summed E-state index contributed by atoms with van der Waals surface area (Å²) in [5.74, 6) is -1.04. The Morgan fingerprint density at radius 1 is 1.43 bits per heavy atom. The standard InChI is InChI=1S/C8H13N3O3/c1-4-7(13)11-8(14)5(10-4)3-6(12)9-2/h4-5,10H,3H2,1-2H3,(H,9,12)(H,11,13,14). The van der Waals surface area contributed by atoms with Gasteiger partial charge in [-0.05, 0) is 6.92 Å². The summed E-state index contributed by atoms with van der Waals surface area (Å²) < 4.78 is 0. The summed E-state index contributed by atoms with van der Waals surface area (Å²) in [6.45, 7) is 1.64. The molecule has 6 nitrogen and oxygen atoms in total. The smallest absolute Gasteiger partial charge is 0.244 e. The monoisotopic (exact) mass is 199 g/mol. The number of carbonyl (C=O) groups is 3. The quantitative estimate of drug-likeness (QED) is 0.454. The first kappa shape index (κ1) is 10.6. The molecule has 0 radical (unpaired) electrons. The van der Waals surface area contributed by atoms with Gasteiger partial charge < -0.3 is 5.32 Å². The van der Waals surface area contributed by atoms with Gasteiger partial charge in [-0.25, -0.2) is 0 Å². The number of nitrogens with one attached hydrogen (secondary N) is 3. The molecule has 1 aliphatic heterocycles. The summed E-state index contributed by atoms with van der Waals surface area (Å²) in [7, 11) is 1.50. The summed E-state index contributed by atoms with van der Waals surface area (Å²) in [6.07, 6.45) is 0.0416. The molecule has 0 bridgehead atoms. The van der Waals surface area contributed by atoms with Gasteiger partial charge >= 0.3 is 0 Å². The van der Waals surface area contributed by atoms with Crippen molar-refractivity contribution in [2.24, 2.45) is 0 Å². The predicted molar refractivity (Wildman–Crippen MR) is 48.2 cm³/mol. The van der Waals surface area contributed by atoms with Gasteiger partial charge in [0.15, 0.2) is 0 Å². The first-order chi connectivity index (χ1) is 6.54. The lowest BCUT2D eigenvalue weighted by molar-refractivity contribution is -0.138. The van der Waals surface area contributed by atoms with Crippen LogP contribution in [0.3, 0.4) is 0 Å². The SMILES string of the molecule is CNC(=O)CC1NC(C)C(=O)NC1=O. The van der Waals surface area contributed by atoms with Gasteiger partial charge in [0, 0.05) is 7.05 Å². The second kappa shape index (κ2) is 4.19. The van der Waals surface area contributed by atoms with Gasteiger partial charge in [0.05, 0.1) is 18.5 Å². The Balaban J connectivity index is 2.57. The van der Waals surface area contributed by atoms with Crippen LogP contribution >= 0.6 is 0 Å². The molecule has 1 saturated heterocycles. The zero-order valence-corrected chi connectivity index (χ0v) is 8.09. The Morgan fingerprint density at radius 2 is 2.07 bits per heavy atom. The summed E-state index contributed by atoms with van der Waals surface area (Å²) in [4.78, 5) is 33.2. The number of amides is 3. The van der Waals surface area contributed by atoms with E-state index in [0.717, 1.165) is 0 Å². The molecule has 0 saturated carbocycles. The summed E-state index contributed by atoms with van der Waals surface area (Å²) in [5, 5.41) is 7.36. The molecule has 3 N–H and O–H groups in total. The lowest BCUT2D eigenvalue weighted by atomic mass is 10.1. The van der Waals surface area contributed by atoms with E-state index in [4.69, 9.17) is 0 Å². The van der Waals surface area contributed by atoms with Crippen molar-refractivity contribution in [3.8, 4) is 0 Å². The molecule has 0 aromatic rings. The van der Waals surface area contributed by atoms with E-state index in [9.17, 15) is 14.4 Å². The van der Waals surface area contributed by atoms with Crippen LogP contribution in [0.4, 0.5) is 0 Å². The van der Waals surface area contributed by atoms with Crippen molar-refractivity contribution in [3.63, 3.8) is 0 Å². The van der Waals surface area contributed by atoms with Gasteiger partial charge in [0.1, 0.15) is 0 Å². The van der Waals surface area contributed by atoms with Crippen LogP contribution in [0.1, 0.15) is 13.3 Å². The molecule has 1 heterocycles. The molecule has 1 aliphatic rings. The maximum absolute atomic E-state index is 11.2. The lowest BCUT2D eigenvalue weighted by Gasteiger charge is -2.26. The summed E-state index contributed by atoms with van der Waals surface area (Å²) in [6, 6.07) is -1.06. The van der Waals surface area contributed by atoms with Crippen LogP contribution < -0.4 is 16.0 Å². The van der Waals surface area contributed by atoms with Crippen molar-refractivity contribution >= 4 is 17.7 Å². The normalized spacial score (nSPS) is 27.0. The number of rotatable bonds is 2. The predicted octanol–water partition coefficient (Wildman–Crippen LogP) is -1.87. The summed E-state index contributed by atoms with van der Waals surface area (Å²) >= 11 is 0. The molecular formula is C8H13N3O3. The fourth-order valence-electron chi connectivity index (χ4n) is 1.21. The minimum Gasteiger partial charge on any atom is -0.359 e. The Kier molecular flexibility index (Phi) is 3.19. The van der Waals surface area contributed by atoms with Gasteiger partial charge in [-0.1, -0.05) is 0 Å². The van der Waals surface area contributed by atoms with Crippen molar-refractivity contribution in [2.45, 2.75) is 25.4 Å². The van der Waals surface area contributed by atoms with Crippen molar-refractivity contribution in [3.05, 3.63) is 0 Å². The first-order valence-electron chi connectivity index (χ1n) is 4.36. The first-order valence-corrected chi connectivity index (χ1v) is 4.36. The third kappa shape index (κ3) is 2.29. The third-order valence-electron chi connectivity index (χ3n) is 2.08. The topological polar surface area (TPSA) is 87.3 Å². The second-order valence-electron chi connectivity index (χ2n) is 3.17. The molecule has 0 aliphatic carbocycles. The van der Waals surface area contributed by atoms with Crippen LogP contribution in [0.15, 0.2) is 0 Å². The number of imide groups is 1. The van der Waals surface area contributed by atoms with Gasteiger partial charge in [0.25, 0.3) is 0 Å². The molecule has 0 spiro atoms. The molecule has 14 heavy (non-hydrogen) atoms. The fourth-order valence-corrected chi connectivity index (χ4v) is 1.21. The molecule has 0 aromatic carbocycles. The highest BCUT2D eigenvalue weighted by Gasteiger charge is 2.32. The van der Waals surface area contributed by atoms with Crippen molar-refractivity contribution < 1.29 is 14.4 Å². The van der Waals surface area contributed by atoms with Crippen LogP contribution in [0.25, 0.3) is 0 Å². The van der Waals surface area contributed by atoms with E-state index in [-0.39, 0.29) is 18.2 Å². The van der Waals surface area contributed by atoms with Crippen LogP contribution in [-0.2, 0) is 14.4 Å². The highest BCUT2D eigenvalue weighted by molar-refractivity contribution is 6.03. The van der Waals surface area contributed by atoms with E-state index >= 15 is 0 Å². The van der Waals surface area contributed by atoms with Gasteiger partial charge in [-0.15, -0.1) is 0 Å².